The van der Waals surface area contributed by atoms with E-state index in [1.54, 1.807) is 60.8 Å². The largest absolute Gasteiger partial charge is 0.483 e. The zero-order valence-corrected chi connectivity index (χ0v) is 26.1. The summed E-state index contributed by atoms with van der Waals surface area (Å²) in [4.78, 5) is 30.6. The minimum atomic E-state index is -0.324. The molecular formula is C31H19BrClIN4O4. The highest BCUT2D eigenvalue weighted by molar-refractivity contribution is 14.1. The smallest absolute Gasteiger partial charge is 0.282 e. The molecule has 0 spiro atoms. The number of furan rings is 1. The van der Waals surface area contributed by atoms with Crippen molar-refractivity contribution >= 4 is 89.8 Å². The van der Waals surface area contributed by atoms with E-state index in [2.05, 4.69) is 48.9 Å². The van der Waals surface area contributed by atoms with Crippen LogP contribution in [0.4, 0.5) is 5.69 Å². The summed E-state index contributed by atoms with van der Waals surface area (Å²) < 4.78 is 14.7. The van der Waals surface area contributed by atoms with E-state index in [0.717, 1.165) is 19.0 Å². The number of halogens is 3. The molecule has 6 aromatic rings. The third-order valence-corrected chi connectivity index (χ3v) is 7.81. The Morgan fingerprint density at radius 3 is 2.69 bits per heavy atom. The van der Waals surface area contributed by atoms with Gasteiger partial charge in [-0.3, -0.25) is 9.59 Å². The lowest BCUT2D eigenvalue weighted by atomic mass is 10.2. The summed E-state index contributed by atoms with van der Waals surface area (Å²) in [6.07, 6.45) is 1.57. The van der Waals surface area contributed by atoms with E-state index in [4.69, 9.17) is 25.7 Å². The number of hydrogen-bond acceptors (Lipinski definition) is 6. The van der Waals surface area contributed by atoms with Crippen molar-refractivity contribution < 1.29 is 13.9 Å². The molecule has 1 amide bonds. The third kappa shape index (κ3) is 6.10. The van der Waals surface area contributed by atoms with Gasteiger partial charge in [0, 0.05) is 20.6 Å². The van der Waals surface area contributed by atoms with Crippen molar-refractivity contribution in [1.82, 2.24) is 9.66 Å². The SMILES string of the molecule is O=C(COc1ccc(C=Nn2c(-c3cc4cc(Br)ccc4o3)nc3ccccc3c2=O)cc1I)Nc1ccc(Cl)cc1. The molecule has 6 rings (SSSR count). The number of carbonyl (C=O) groups excluding carboxylic acids is 1. The van der Waals surface area contributed by atoms with Crippen LogP contribution in [0.25, 0.3) is 33.5 Å². The fourth-order valence-corrected chi connectivity index (χ4v) is 5.43. The highest BCUT2D eigenvalue weighted by Gasteiger charge is 2.17. The summed E-state index contributed by atoms with van der Waals surface area (Å²) in [6.45, 7) is -0.165. The van der Waals surface area contributed by atoms with Crippen molar-refractivity contribution in [2.45, 2.75) is 0 Å². The van der Waals surface area contributed by atoms with Gasteiger partial charge in [0.2, 0.25) is 5.82 Å². The molecule has 11 heteroatoms. The molecule has 1 N–H and O–H groups in total. The van der Waals surface area contributed by atoms with Crippen LogP contribution in [0.2, 0.25) is 5.02 Å². The normalized spacial score (nSPS) is 11.4. The van der Waals surface area contributed by atoms with Crippen LogP contribution in [0.3, 0.4) is 0 Å². The molecular weight excluding hydrogens is 735 g/mol. The number of aromatic nitrogens is 2. The minimum absolute atomic E-state index is 0.165. The van der Waals surface area contributed by atoms with E-state index < -0.39 is 0 Å². The maximum atomic E-state index is 13.5. The van der Waals surface area contributed by atoms with E-state index in [9.17, 15) is 9.59 Å². The summed E-state index contributed by atoms with van der Waals surface area (Å²) in [5, 5.41) is 9.17. The van der Waals surface area contributed by atoms with Gasteiger partial charge in [-0.1, -0.05) is 39.7 Å². The molecule has 42 heavy (non-hydrogen) atoms. The number of carbonyl (C=O) groups is 1. The minimum Gasteiger partial charge on any atom is -0.483 e. The summed E-state index contributed by atoms with van der Waals surface area (Å²) >= 11 is 11.5. The number of para-hydroxylation sites is 1. The molecule has 0 fully saturated rings. The molecule has 0 radical (unpaired) electrons. The second-order valence-electron chi connectivity index (χ2n) is 9.14. The molecule has 0 aliphatic rings. The fourth-order valence-electron chi connectivity index (χ4n) is 4.23. The standard InChI is InChI=1S/C31H19BrClIN4O4/c32-20-6-12-26-19(14-20)15-28(42-26)30-37-25-4-2-1-3-23(25)31(40)38(30)35-16-18-5-11-27(24(34)13-18)41-17-29(39)36-22-9-7-21(33)8-10-22/h1-16H,17H2,(H,36,39). The number of anilines is 1. The first-order chi connectivity index (χ1) is 20.3. The second kappa shape index (κ2) is 12.1. The number of hydrogen-bond donors (Lipinski definition) is 1. The number of amides is 1. The summed E-state index contributed by atoms with van der Waals surface area (Å²) in [7, 11) is 0. The van der Waals surface area contributed by atoms with Crippen molar-refractivity contribution in [3.05, 3.63) is 120 Å². The Morgan fingerprint density at radius 1 is 1.07 bits per heavy atom. The molecule has 0 saturated heterocycles. The summed E-state index contributed by atoms with van der Waals surface area (Å²) in [6, 6.07) is 26.8. The number of nitrogens with one attached hydrogen (secondary N) is 1. The van der Waals surface area contributed by atoms with Crippen molar-refractivity contribution in [3.8, 4) is 17.3 Å². The van der Waals surface area contributed by atoms with Gasteiger partial charge in [0.05, 0.1) is 20.7 Å². The number of fused-ring (bicyclic) bond motifs is 2. The van der Waals surface area contributed by atoms with Gasteiger partial charge in [-0.2, -0.15) is 9.78 Å². The van der Waals surface area contributed by atoms with Gasteiger partial charge in [-0.15, -0.1) is 0 Å². The molecule has 0 aliphatic heterocycles. The lowest BCUT2D eigenvalue weighted by Crippen LogP contribution is -2.20. The Hall–Kier alpha value is -4.00. The Balaban J connectivity index is 1.26. The van der Waals surface area contributed by atoms with E-state index in [0.29, 0.717) is 38.7 Å². The predicted octanol–water partition coefficient (Wildman–Crippen LogP) is 7.73. The quantitative estimate of drug-likeness (QED) is 0.133. The third-order valence-electron chi connectivity index (χ3n) is 6.22. The second-order valence-corrected chi connectivity index (χ2v) is 11.7. The number of benzene rings is 4. The van der Waals surface area contributed by atoms with Crippen LogP contribution in [0.15, 0.2) is 110 Å². The molecule has 8 nitrogen and oxygen atoms in total. The first-order valence-corrected chi connectivity index (χ1v) is 14.8. The van der Waals surface area contributed by atoms with E-state index in [1.165, 1.54) is 4.68 Å². The van der Waals surface area contributed by atoms with Crippen LogP contribution in [0.5, 0.6) is 5.75 Å². The van der Waals surface area contributed by atoms with Crippen LogP contribution in [-0.2, 0) is 4.79 Å². The molecule has 208 valence electrons. The van der Waals surface area contributed by atoms with Crippen molar-refractivity contribution in [3.63, 3.8) is 0 Å². The van der Waals surface area contributed by atoms with Gasteiger partial charge in [-0.25, -0.2) is 4.98 Å². The fraction of sp³-hybridized carbons (Fsp3) is 0.0323. The van der Waals surface area contributed by atoms with Gasteiger partial charge in [0.1, 0.15) is 11.3 Å². The first kappa shape index (κ1) is 28.1. The van der Waals surface area contributed by atoms with Crippen LogP contribution >= 0.6 is 50.1 Å². The van der Waals surface area contributed by atoms with Crippen molar-refractivity contribution in [2.24, 2.45) is 5.10 Å². The molecule has 2 aromatic heterocycles. The Morgan fingerprint density at radius 2 is 1.88 bits per heavy atom. The van der Waals surface area contributed by atoms with Crippen LogP contribution in [0.1, 0.15) is 5.56 Å². The van der Waals surface area contributed by atoms with Crippen molar-refractivity contribution in [2.75, 3.05) is 11.9 Å². The Labute approximate surface area is 266 Å². The van der Waals surface area contributed by atoms with Gasteiger partial charge >= 0.3 is 0 Å². The molecule has 0 bridgehead atoms. The Bertz CT molecular complexity index is 2060. The average molecular weight is 754 g/mol. The van der Waals surface area contributed by atoms with Crippen LogP contribution < -0.4 is 15.6 Å². The first-order valence-electron chi connectivity index (χ1n) is 12.6. The maximum absolute atomic E-state index is 13.5. The van der Waals surface area contributed by atoms with Gasteiger partial charge in [0.15, 0.2) is 12.4 Å². The molecule has 4 aromatic carbocycles. The van der Waals surface area contributed by atoms with E-state index in [1.807, 2.05) is 36.4 Å². The number of ether oxygens (including phenoxy) is 1. The molecule has 0 aliphatic carbocycles. The zero-order valence-electron chi connectivity index (χ0n) is 21.6. The maximum Gasteiger partial charge on any atom is 0.282 e. The molecule has 0 unspecified atom stereocenters. The summed E-state index contributed by atoms with van der Waals surface area (Å²) in [5.41, 5.74) is 2.23. The molecule has 2 heterocycles. The van der Waals surface area contributed by atoms with E-state index >= 15 is 0 Å². The number of nitrogens with zero attached hydrogens (tertiary/aromatic N) is 3. The van der Waals surface area contributed by atoms with Gasteiger partial charge < -0.3 is 14.5 Å². The van der Waals surface area contributed by atoms with Gasteiger partial charge in [0.25, 0.3) is 11.5 Å². The number of rotatable bonds is 7. The summed E-state index contributed by atoms with van der Waals surface area (Å²) in [5.74, 6) is 0.937. The topological polar surface area (TPSA) is 98.7 Å². The van der Waals surface area contributed by atoms with Crippen molar-refractivity contribution in [1.29, 1.82) is 0 Å². The monoisotopic (exact) mass is 752 g/mol. The predicted molar refractivity (Wildman–Crippen MR) is 177 cm³/mol. The van der Waals surface area contributed by atoms with Crippen LogP contribution in [0, 0.1) is 3.57 Å². The highest BCUT2D eigenvalue weighted by Crippen LogP contribution is 2.29. The van der Waals surface area contributed by atoms with Gasteiger partial charge in [-0.05, 0) is 107 Å². The lowest BCUT2D eigenvalue weighted by molar-refractivity contribution is -0.118. The molecule has 0 atom stereocenters. The Kier molecular flexibility index (Phi) is 8.09. The highest BCUT2D eigenvalue weighted by atomic mass is 127. The van der Waals surface area contributed by atoms with E-state index in [-0.39, 0.29) is 23.9 Å². The zero-order chi connectivity index (χ0) is 29.2. The average Bonchev–Trinajstić information content (AvgIpc) is 3.40. The van der Waals surface area contributed by atoms with Crippen LogP contribution in [-0.4, -0.2) is 28.4 Å². The molecule has 0 saturated carbocycles. The lowest BCUT2D eigenvalue weighted by Gasteiger charge is -2.10.